The summed E-state index contributed by atoms with van der Waals surface area (Å²) in [4.78, 5) is 15.4. The first-order valence-corrected chi connectivity index (χ1v) is 5.63. The Bertz CT molecular complexity index is 484. The minimum Gasteiger partial charge on any atom is -0.467 e. The highest BCUT2D eigenvalue weighted by atomic mass is 16.5. The second-order valence-electron chi connectivity index (χ2n) is 4.87. The molecular formula is C13H17N3O2. The summed E-state index contributed by atoms with van der Waals surface area (Å²) < 4.78 is 5.27. The maximum absolute atomic E-state index is 11.1. The Hall–Kier alpha value is -2.09. The first-order valence-electron chi connectivity index (χ1n) is 5.63. The van der Waals surface area contributed by atoms with Crippen molar-refractivity contribution in [2.24, 2.45) is 0 Å². The van der Waals surface area contributed by atoms with E-state index in [0.29, 0.717) is 5.56 Å². The third-order valence-corrected chi connectivity index (χ3v) is 2.37. The van der Waals surface area contributed by atoms with E-state index in [1.807, 2.05) is 26.8 Å². The summed E-state index contributed by atoms with van der Waals surface area (Å²) in [5, 5.41) is 11.4. The van der Waals surface area contributed by atoms with Crippen LogP contribution < -0.4 is 10.1 Å². The molecule has 1 aromatic rings. The molecule has 0 aliphatic heterocycles. The number of amides is 1. The molecule has 96 valence electrons. The molecule has 0 saturated carbocycles. The van der Waals surface area contributed by atoms with E-state index < -0.39 is 0 Å². The molecule has 1 rings (SSSR count). The van der Waals surface area contributed by atoms with E-state index in [9.17, 15) is 4.79 Å². The number of hydrogen-bond donors (Lipinski definition) is 1. The number of carbonyl (C=O) groups is 1. The largest absolute Gasteiger partial charge is 0.467 e. The van der Waals surface area contributed by atoms with Gasteiger partial charge in [-0.3, -0.25) is 4.79 Å². The standard InChI is InChI=1S/C13H17N3O2/c1-13(2,3)10-6-5-9(7-14)12(16-10)18-8-11(17)15-4/h5-6H,8H2,1-4H3,(H,15,17). The van der Waals surface area contributed by atoms with E-state index in [-0.39, 0.29) is 23.8 Å². The van der Waals surface area contributed by atoms with Crippen molar-refractivity contribution in [1.82, 2.24) is 10.3 Å². The topological polar surface area (TPSA) is 75.0 Å². The van der Waals surface area contributed by atoms with Crippen LogP contribution in [0.5, 0.6) is 5.88 Å². The minimum atomic E-state index is -0.262. The third kappa shape index (κ3) is 3.45. The first kappa shape index (κ1) is 14.0. The van der Waals surface area contributed by atoms with Crippen LogP contribution in [0.15, 0.2) is 12.1 Å². The number of carbonyl (C=O) groups excluding carboxylic acids is 1. The molecule has 1 amide bonds. The van der Waals surface area contributed by atoms with Crippen molar-refractivity contribution in [1.29, 1.82) is 5.26 Å². The molecule has 5 heteroatoms. The lowest BCUT2D eigenvalue weighted by molar-refractivity contribution is -0.122. The summed E-state index contributed by atoms with van der Waals surface area (Å²) in [5.41, 5.74) is 0.999. The lowest BCUT2D eigenvalue weighted by atomic mass is 9.91. The van der Waals surface area contributed by atoms with Gasteiger partial charge in [0.25, 0.3) is 5.91 Å². The van der Waals surface area contributed by atoms with Crippen LogP contribution in [0.1, 0.15) is 32.0 Å². The third-order valence-electron chi connectivity index (χ3n) is 2.37. The molecule has 1 heterocycles. The Morgan fingerprint density at radius 3 is 2.67 bits per heavy atom. The van der Waals surface area contributed by atoms with Crippen LogP contribution in [0.4, 0.5) is 0 Å². The number of ether oxygens (including phenoxy) is 1. The number of pyridine rings is 1. The lowest BCUT2D eigenvalue weighted by Crippen LogP contribution is -2.25. The maximum Gasteiger partial charge on any atom is 0.257 e. The highest BCUT2D eigenvalue weighted by molar-refractivity contribution is 5.77. The Balaban J connectivity index is 3.00. The van der Waals surface area contributed by atoms with Gasteiger partial charge in [-0.15, -0.1) is 0 Å². The summed E-state index contributed by atoms with van der Waals surface area (Å²) in [5.74, 6) is -0.0598. The molecule has 0 fully saturated rings. The fourth-order valence-corrected chi connectivity index (χ4v) is 1.26. The molecule has 5 nitrogen and oxygen atoms in total. The Kier molecular flexibility index (Phi) is 4.27. The zero-order chi connectivity index (χ0) is 13.8. The molecule has 0 saturated heterocycles. The maximum atomic E-state index is 11.1. The van der Waals surface area contributed by atoms with E-state index in [4.69, 9.17) is 10.00 Å². The summed E-state index contributed by atoms with van der Waals surface area (Å²) in [6.45, 7) is 5.91. The van der Waals surface area contributed by atoms with E-state index in [1.165, 1.54) is 7.05 Å². The quantitative estimate of drug-likeness (QED) is 0.875. The molecule has 0 aliphatic carbocycles. The van der Waals surface area contributed by atoms with Gasteiger partial charge in [0.2, 0.25) is 5.88 Å². The van der Waals surface area contributed by atoms with E-state index in [2.05, 4.69) is 10.3 Å². The van der Waals surface area contributed by atoms with Crippen molar-refractivity contribution in [3.8, 4) is 11.9 Å². The van der Waals surface area contributed by atoms with Crippen molar-refractivity contribution in [3.63, 3.8) is 0 Å². The van der Waals surface area contributed by atoms with Crippen LogP contribution in [0.2, 0.25) is 0 Å². The normalized spacial score (nSPS) is 10.6. The van der Waals surface area contributed by atoms with Gasteiger partial charge in [0.05, 0.1) is 0 Å². The number of aromatic nitrogens is 1. The van der Waals surface area contributed by atoms with E-state index >= 15 is 0 Å². The summed E-state index contributed by atoms with van der Waals surface area (Å²) in [7, 11) is 1.52. The fourth-order valence-electron chi connectivity index (χ4n) is 1.26. The summed E-state index contributed by atoms with van der Waals surface area (Å²) in [6, 6.07) is 5.45. The van der Waals surface area contributed by atoms with Crippen molar-refractivity contribution in [3.05, 3.63) is 23.4 Å². The predicted octanol–water partition coefficient (Wildman–Crippen LogP) is 1.38. The van der Waals surface area contributed by atoms with E-state index in [1.54, 1.807) is 12.1 Å². The highest BCUT2D eigenvalue weighted by Gasteiger charge is 2.18. The Morgan fingerprint density at radius 2 is 2.17 bits per heavy atom. The second-order valence-corrected chi connectivity index (χ2v) is 4.87. The van der Waals surface area contributed by atoms with Crippen molar-refractivity contribution >= 4 is 5.91 Å². The number of nitrogens with one attached hydrogen (secondary N) is 1. The van der Waals surface area contributed by atoms with Crippen molar-refractivity contribution in [2.75, 3.05) is 13.7 Å². The van der Waals surface area contributed by atoms with Crippen LogP contribution in [-0.4, -0.2) is 24.5 Å². The van der Waals surface area contributed by atoms with Gasteiger partial charge in [-0.2, -0.15) is 5.26 Å². The van der Waals surface area contributed by atoms with Gasteiger partial charge in [-0.25, -0.2) is 4.98 Å². The molecule has 0 radical (unpaired) electrons. The molecule has 0 aromatic carbocycles. The van der Waals surface area contributed by atoms with Gasteiger partial charge in [0, 0.05) is 18.2 Å². The van der Waals surface area contributed by atoms with Gasteiger partial charge in [-0.05, 0) is 12.1 Å². The summed E-state index contributed by atoms with van der Waals surface area (Å²) in [6.07, 6.45) is 0. The zero-order valence-corrected chi connectivity index (χ0v) is 11.1. The molecule has 0 spiro atoms. The SMILES string of the molecule is CNC(=O)COc1nc(C(C)(C)C)ccc1C#N. The van der Waals surface area contributed by atoms with Crippen LogP contribution >= 0.6 is 0 Å². The highest BCUT2D eigenvalue weighted by Crippen LogP contribution is 2.24. The van der Waals surface area contributed by atoms with Crippen LogP contribution in [-0.2, 0) is 10.2 Å². The minimum absolute atomic E-state index is 0.140. The number of nitriles is 1. The van der Waals surface area contributed by atoms with Gasteiger partial charge < -0.3 is 10.1 Å². The number of hydrogen-bond acceptors (Lipinski definition) is 4. The number of nitrogens with zero attached hydrogens (tertiary/aromatic N) is 2. The average Bonchev–Trinajstić information content (AvgIpc) is 2.34. The van der Waals surface area contributed by atoms with Crippen LogP contribution in [0.25, 0.3) is 0 Å². The zero-order valence-electron chi connectivity index (χ0n) is 11.1. The first-order chi connectivity index (χ1) is 8.38. The second kappa shape index (κ2) is 5.50. The smallest absolute Gasteiger partial charge is 0.257 e. The fraction of sp³-hybridized carbons (Fsp3) is 0.462. The lowest BCUT2D eigenvalue weighted by Gasteiger charge is -2.18. The van der Waals surface area contributed by atoms with Gasteiger partial charge >= 0.3 is 0 Å². The molecule has 0 unspecified atom stereocenters. The molecule has 0 bridgehead atoms. The van der Waals surface area contributed by atoms with Gasteiger partial charge in [0.1, 0.15) is 11.6 Å². The van der Waals surface area contributed by atoms with Gasteiger partial charge in [-0.1, -0.05) is 20.8 Å². The monoisotopic (exact) mass is 247 g/mol. The molecule has 0 atom stereocenters. The number of likely N-dealkylation sites (N-methyl/N-ethyl adjacent to an activating group) is 1. The van der Waals surface area contributed by atoms with Crippen molar-refractivity contribution in [2.45, 2.75) is 26.2 Å². The van der Waals surface area contributed by atoms with Crippen LogP contribution in [0, 0.1) is 11.3 Å². The molecule has 1 N–H and O–H groups in total. The summed E-state index contributed by atoms with van der Waals surface area (Å²) >= 11 is 0. The molecular weight excluding hydrogens is 230 g/mol. The van der Waals surface area contributed by atoms with E-state index in [0.717, 1.165) is 5.69 Å². The Labute approximate surface area is 107 Å². The molecule has 0 aliphatic rings. The average molecular weight is 247 g/mol. The van der Waals surface area contributed by atoms with Crippen molar-refractivity contribution < 1.29 is 9.53 Å². The van der Waals surface area contributed by atoms with Gasteiger partial charge in [0.15, 0.2) is 6.61 Å². The molecule has 1 aromatic heterocycles. The number of rotatable bonds is 3. The van der Waals surface area contributed by atoms with Crippen LogP contribution in [0.3, 0.4) is 0 Å². The predicted molar refractivity (Wildman–Crippen MR) is 67.2 cm³/mol. The molecule has 18 heavy (non-hydrogen) atoms. The Morgan fingerprint density at radius 1 is 1.50 bits per heavy atom.